The van der Waals surface area contributed by atoms with Crippen molar-refractivity contribution in [2.24, 2.45) is 0 Å². The summed E-state index contributed by atoms with van der Waals surface area (Å²) in [7, 11) is 0. The lowest BCUT2D eigenvalue weighted by Gasteiger charge is -2.02. The molecule has 3 aromatic rings. The van der Waals surface area contributed by atoms with Crippen LogP contribution >= 0.6 is 0 Å². The fourth-order valence-corrected chi connectivity index (χ4v) is 1.87. The van der Waals surface area contributed by atoms with Crippen LogP contribution in [-0.2, 0) is 0 Å². The lowest BCUT2D eigenvalue weighted by atomic mass is 10.0. The molecule has 0 bridgehead atoms. The van der Waals surface area contributed by atoms with E-state index >= 15 is 0 Å². The van der Waals surface area contributed by atoms with E-state index < -0.39 is 0 Å². The zero-order valence-corrected chi connectivity index (χ0v) is 8.55. The van der Waals surface area contributed by atoms with Gasteiger partial charge in [0.05, 0.1) is 5.39 Å². The fourth-order valence-electron chi connectivity index (χ4n) is 1.87. The summed E-state index contributed by atoms with van der Waals surface area (Å²) in [5.74, 6) is 0.439. The van der Waals surface area contributed by atoms with Crippen LogP contribution in [0, 0.1) is 0 Å². The minimum absolute atomic E-state index is 0.439. The molecule has 0 aliphatic carbocycles. The van der Waals surface area contributed by atoms with Gasteiger partial charge in [0, 0.05) is 0 Å². The van der Waals surface area contributed by atoms with Crippen LogP contribution in [0.5, 0.6) is 0 Å². The Morgan fingerprint density at radius 3 is 2.56 bits per heavy atom. The van der Waals surface area contributed by atoms with Crippen molar-refractivity contribution < 1.29 is 4.52 Å². The lowest BCUT2D eigenvalue weighted by molar-refractivity contribution is 0.460. The van der Waals surface area contributed by atoms with Crippen LogP contribution in [0.3, 0.4) is 0 Å². The summed E-state index contributed by atoms with van der Waals surface area (Å²) >= 11 is 0. The van der Waals surface area contributed by atoms with Crippen molar-refractivity contribution in [3.05, 3.63) is 48.5 Å². The predicted molar refractivity (Wildman–Crippen MR) is 63.9 cm³/mol. The van der Waals surface area contributed by atoms with Gasteiger partial charge >= 0.3 is 0 Å². The molecule has 1 heterocycles. The maximum atomic E-state index is 5.81. The molecule has 0 atom stereocenters. The molecule has 0 fully saturated rings. The third-order valence-electron chi connectivity index (χ3n) is 2.61. The van der Waals surface area contributed by atoms with Crippen molar-refractivity contribution in [2.45, 2.75) is 0 Å². The Balaban J connectivity index is 2.36. The maximum Gasteiger partial charge on any atom is 0.175 e. The Kier molecular flexibility index (Phi) is 1.90. The van der Waals surface area contributed by atoms with Crippen LogP contribution in [0.2, 0.25) is 0 Å². The van der Waals surface area contributed by atoms with Gasteiger partial charge in [0.2, 0.25) is 0 Å². The molecule has 3 heteroatoms. The predicted octanol–water partition coefficient (Wildman–Crippen LogP) is 3.08. The second-order valence-electron chi connectivity index (χ2n) is 3.61. The van der Waals surface area contributed by atoms with Crippen molar-refractivity contribution in [1.29, 1.82) is 0 Å². The number of aromatic nitrogens is 1. The molecular weight excluding hydrogens is 200 g/mol. The number of nitrogens with zero attached hydrogens (tertiary/aromatic N) is 1. The zero-order chi connectivity index (χ0) is 11.0. The van der Waals surface area contributed by atoms with Crippen LogP contribution in [0.25, 0.3) is 22.1 Å². The lowest BCUT2D eigenvalue weighted by Crippen LogP contribution is -1.86. The molecule has 3 rings (SSSR count). The molecule has 0 radical (unpaired) electrons. The monoisotopic (exact) mass is 210 g/mol. The van der Waals surface area contributed by atoms with Crippen molar-refractivity contribution in [1.82, 2.24) is 5.16 Å². The Bertz CT molecular complexity index is 629. The highest BCUT2D eigenvalue weighted by molar-refractivity contribution is 6.00. The van der Waals surface area contributed by atoms with E-state index in [4.69, 9.17) is 10.3 Å². The van der Waals surface area contributed by atoms with Crippen LogP contribution in [-0.4, -0.2) is 5.16 Å². The van der Waals surface area contributed by atoms with Crippen molar-refractivity contribution >= 4 is 16.8 Å². The Labute approximate surface area is 92.5 Å². The maximum absolute atomic E-state index is 5.81. The summed E-state index contributed by atoms with van der Waals surface area (Å²) < 4.78 is 5.14. The first kappa shape index (κ1) is 8.97. The molecule has 0 amide bonds. The summed E-state index contributed by atoms with van der Waals surface area (Å²) in [5, 5.41) is 4.67. The molecule has 78 valence electrons. The number of nitrogens with two attached hydrogens (primary N) is 1. The highest BCUT2D eigenvalue weighted by Crippen LogP contribution is 2.31. The van der Waals surface area contributed by atoms with Crippen LogP contribution < -0.4 is 5.73 Å². The van der Waals surface area contributed by atoms with E-state index in [0.29, 0.717) is 5.82 Å². The van der Waals surface area contributed by atoms with Crippen molar-refractivity contribution in [3.8, 4) is 11.1 Å². The Morgan fingerprint density at radius 2 is 1.75 bits per heavy atom. The SMILES string of the molecule is Nc1noc2cccc(-c3ccccc3)c12. The number of hydrogen-bond acceptors (Lipinski definition) is 3. The molecule has 0 unspecified atom stereocenters. The minimum Gasteiger partial charge on any atom is -0.380 e. The zero-order valence-electron chi connectivity index (χ0n) is 8.55. The first-order valence-electron chi connectivity index (χ1n) is 5.05. The summed E-state index contributed by atoms with van der Waals surface area (Å²) in [6, 6.07) is 15.9. The number of rotatable bonds is 1. The molecule has 0 saturated carbocycles. The first-order valence-corrected chi connectivity index (χ1v) is 5.05. The molecule has 16 heavy (non-hydrogen) atoms. The quantitative estimate of drug-likeness (QED) is 0.671. The summed E-state index contributed by atoms with van der Waals surface area (Å²) in [5.41, 5.74) is 8.70. The first-order chi connectivity index (χ1) is 7.86. The summed E-state index contributed by atoms with van der Waals surface area (Å²) in [6.07, 6.45) is 0. The van der Waals surface area contributed by atoms with E-state index in [1.807, 2.05) is 48.5 Å². The average molecular weight is 210 g/mol. The molecule has 0 aliphatic rings. The van der Waals surface area contributed by atoms with Gasteiger partial charge < -0.3 is 10.3 Å². The molecule has 1 aromatic heterocycles. The van der Waals surface area contributed by atoms with E-state index in [1.54, 1.807) is 0 Å². The molecular formula is C13H10N2O. The fraction of sp³-hybridized carbons (Fsp3) is 0. The third-order valence-corrected chi connectivity index (χ3v) is 2.61. The third kappa shape index (κ3) is 1.26. The molecule has 3 nitrogen and oxygen atoms in total. The van der Waals surface area contributed by atoms with Gasteiger partial charge in [-0.05, 0) is 17.2 Å². The summed E-state index contributed by atoms with van der Waals surface area (Å²) in [6.45, 7) is 0. The standard InChI is InChI=1S/C13H10N2O/c14-13-12-10(9-5-2-1-3-6-9)7-4-8-11(12)16-15-13/h1-8H,(H2,14,15). The highest BCUT2D eigenvalue weighted by Gasteiger charge is 2.10. The van der Waals surface area contributed by atoms with Crippen LogP contribution in [0.4, 0.5) is 5.82 Å². The smallest absolute Gasteiger partial charge is 0.175 e. The average Bonchev–Trinajstić information content (AvgIpc) is 2.73. The van der Waals surface area contributed by atoms with Gasteiger partial charge in [-0.3, -0.25) is 0 Å². The van der Waals surface area contributed by atoms with E-state index in [1.165, 1.54) is 0 Å². The van der Waals surface area contributed by atoms with Crippen LogP contribution in [0.15, 0.2) is 53.1 Å². The second-order valence-corrected chi connectivity index (χ2v) is 3.61. The van der Waals surface area contributed by atoms with Gasteiger partial charge in [-0.2, -0.15) is 0 Å². The number of fused-ring (bicyclic) bond motifs is 1. The van der Waals surface area contributed by atoms with Gasteiger partial charge in [0.1, 0.15) is 0 Å². The van der Waals surface area contributed by atoms with Gasteiger partial charge in [0.25, 0.3) is 0 Å². The molecule has 0 aliphatic heterocycles. The number of benzene rings is 2. The Hall–Kier alpha value is -2.29. The number of nitrogen functional groups attached to an aromatic ring is 1. The topological polar surface area (TPSA) is 52.0 Å². The summed E-state index contributed by atoms with van der Waals surface area (Å²) in [4.78, 5) is 0. The van der Waals surface area contributed by atoms with E-state index in [0.717, 1.165) is 22.1 Å². The molecule has 2 N–H and O–H groups in total. The van der Waals surface area contributed by atoms with Gasteiger partial charge in [-0.15, -0.1) is 0 Å². The molecule has 0 saturated heterocycles. The van der Waals surface area contributed by atoms with Gasteiger partial charge in [0.15, 0.2) is 11.4 Å². The van der Waals surface area contributed by atoms with Gasteiger partial charge in [-0.1, -0.05) is 47.6 Å². The minimum atomic E-state index is 0.439. The van der Waals surface area contributed by atoms with Crippen molar-refractivity contribution in [2.75, 3.05) is 5.73 Å². The van der Waals surface area contributed by atoms with E-state index in [9.17, 15) is 0 Å². The normalized spacial score (nSPS) is 10.8. The highest BCUT2D eigenvalue weighted by atomic mass is 16.5. The van der Waals surface area contributed by atoms with Crippen LogP contribution in [0.1, 0.15) is 0 Å². The van der Waals surface area contributed by atoms with Crippen molar-refractivity contribution in [3.63, 3.8) is 0 Å². The van der Waals surface area contributed by atoms with E-state index in [-0.39, 0.29) is 0 Å². The molecule has 0 spiro atoms. The number of hydrogen-bond donors (Lipinski definition) is 1. The second kappa shape index (κ2) is 3.38. The Morgan fingerprint density at radius 1 is 0.938 bits per heavy atom. The molecule has 2 aromatic carbocycles. The number of anilines is 1. The van der Waals surface area contributed by atoms with Gasteiger partial charge in [-0.25, -0.2) is 0 Å². The largest absolute Gasteiger partial charge is 0.380 e. The van der Waals surface area contributed by atoms with E-state index in [2.05, 4.69) is 5.16 Å².